The van der Waals surface area contributed by atoms with Crippen LogP contribution in [-0.4, -0.2) is 15.7 Å². The van der Waals surface area contributed by atoms with E-state index in [1.54, 1.807) is 0 Å². The smallest absolute Gasteiger partial charge is 0.383 e. The number of nitrogens with two attached hydrogens (primary N) is 1. The van der Waals surface area contributed by atoms with Crippen LogP contribution in [0.4, 0.5) is 24.7 Å². The van der Waals surface area contributed by atoms with Crippen LogP contribution in [0.2, 0.25) is 5.02 Å². The maximum Gasteiger partial charge on any atom is 0.418 e. The van der Waals surface area contributed by atoms with Crippen molar-refractivity contribution in [3.8, 4) is 0 Å². The van der Waals surface area contributed by atoms with Crippen LogP contribution in [0.3, 0.4) is 0 Å². The molecule has 2 rings (SSSR count). The Labute approximate surface area is 122 Å². The zero-order valence-electron chi connectivity index (χ0n) is 10.7. The van der Waals surface area contributed by atoms with E-state index >= 15 is 0 Å². The molecule has 0 bridgehead atoms. The minimum Gasteiger partial charge on any atom is -0.383 e. The lowest BCUT2D eigenvalue weighted by molar-refractivity contribution is -0.136. The summed E-state index contributed by atoms with van der Waals surface area (Å²) in [6.45, 7) is 0. The van der Waals surface area contributed by atoms with Crippen molar-refractivity contribution in [1.29, 1.82) is 0 Å². The van der Waals surface area contributed by atoms with Crippen LogP contribution in [0.25, 0.3) is 0 Å². The summed E-state index contributed by atoms with van der Waals surface area (Å²) in [7, 11) is 1.50. The fourth-order valence-corrected chi connectivity index (χ4v) is 1.91. The molecule has 9 heteroatoms. The van der Waals surface area contributed by atoms with Crippen LogP contribution in [0.1, 0.15) is 15.9 Å². The number of hydrogen-bond acceptors (Lipinski definition) is 3. The first-order valence-corrected chi connectivity index (χ1v) is 6.04. The number of nitrogen functional groups attached to an aromatic ring is 1. The number of halogens is 4. The molecule has 0 saturated carbocycles. The Balaban J connectivity index is 2.40. The molecule has 0 radical (unpaired) electrons. The fraction of sp³-hybridized carbons (Fsp3) is 0.167. The van der Waals surface area contributed by atoms with Crippen LogP contribution in [-0.2, 0) is 13.2 Å². The van der Waals surface area contributed by atoms with Gasteiger partial charge in [-0.05, 0) is 12.1 Å². The summed E-state index contributed by atoms with van der Waals surface area (Å²) >= 11 is 5.75. The number of carbonyl (C=O) groups excluding carboxylic acids is 1. The van der Waals surface area contributed by atoms with E-state index in [9.17, 15) is 18.0 Å². The second-order valence-corrected chi connectivity index (χ2v) is 4.59. The molecule has 0 aliphatic heterocycles. The van der Waals surface area contributed by atoms with Crippen molar-refractivity contribution in [3.05, 3.63) is 40.5 Å². The minimum atomic E-state index is -4.64. The van der Waals surface area contributed by atoms with Crippen LogP contribution in [0.15, 0.2) is 24.4 Å². The monoisotopic (exact) mass is 318 g/mol. The molecule has 1 aromatic heterocycles. The zero-order valence-corrected chi connectivity index (χ0v) is 11.5. The molecular weight excluding hydrogens is 309 g/mol. The fourth-order valence-electron chi connectivity index (χ4n) is 1.69. The van der Waals surface area contributed by atoms with Crippen molar-refractivity contribution in [2.75, 3.05) is 11.1 Å². The molecular formula is C12H10ClF3N4O. The summed E-state index contributed by atoms with van der Waals surface area (Å²) in [6, 6.07) is 3.23. The highest BCUT2D eigenvalue weighted by atomic mass is 35.5. The molecule has 2 aromatic rings. The Morgan fingerprint density at radius 2 is 2.10 bits per heavy atom. The number of amides is 1. The Morgan fingerprint density at radius 1 is 1.43 bits per heavy atom. The minimum absolute atomic E-state index is 0.0353. The molecule has 0 unspecified atom stereocenters. The van der Waals surface area contributed by atoms with Crippen molar-refractivity contribution < 1.29 is 18.0 Å². The van der Waals surface area contributed by atoms with Crippen LogP contribution in [0.5, 0.6) is 0 Å². The van der Waals surface area contributed by atoms with Gasteiger partial charge in [0.15, 0.2) is 0 Å². The highest BCUT2D eigenvalue weighted by Crippen LogP contribution is 2.38. The van der Waals surface area contributed by atoms with Crippen LogP contribution < -0.4 is 11.1 Å². The van der Waals surface area contributed by atoms with Gasteiger partial charge in [-0.2, -0.15) is 18.3 Å². The second kappa shape index (κ2) is 5.28. The molecule has 0 saturated heterocycles. The molecule has 1 heterocycles. The number of rotatable bonds is 2. The third-order valence-electron chi connectivity index (χ3n) is 2.79. The molecule has 0 spiro atoms. The summed E-state index contributed by atoms with van der Waals surface area (Å²) in [5.74, 6) is -0.785. The van der Waals surface area contributed by atoms with Crippen molar-refractivity contribution in [3.63, 3.8) is 0 Å². The first-order chi connectivity index (χ1) is 9.71. The van der Waals surface area contributed by atoms with Crippen molar-refractivity contribution in [2.24, 2.45) is 7.05 Å². The first-order valence-electron chi connectivity index (χ1n) is 5.66. The second-order valence-electron chi connectivity index (χ2n) is 4.18. The van der Waals surface area contributed by atoms with E-state index in [0.29, 0.717) is 0 Å². The maximum absolute atomic E-state index is 12.9. The van der Waals surface area contributed by atoms with Crippen LogP contribution in [0, 0.1) is 0 Å². The zero-order chi connectivity index (χ0) is 15.8. The molecule has 1 amide bonds. The lowest BCUT2D eigenvalue weighted by Crippen LogP contribution is -2.18. The summed E-state index contributed by atoms with van der Waals surface area (Å²) in [4.78, 5) is 12.0. The Kier molecular flexibility index (Phi) is 3.82. The number of aryl methyl sites for hydroxylation is 1. The van der Waals surface area contributed by atoms with E-state index in [4.69, 9.17) is 17.3 Å². The van der Waals surface area contributed by atoms with Gasteiger partial charge in [0.05, 0.1) is 22.5 Å². The number of alkyl halides is 3. The van der Waals surface area contributed by atoms with E-state index in [2.05, 4.69) is 10.4 Å². The summed E-state index contributed by atoms with van der Waals surface area (Å²) in [6.07, 6.45) is -3.48. The Bertz CT molecular complexity index is 696. The average Bonchev–Trinajstić information content (AvgIpc) is 2.71. The Morgan fingerprint density at radius 3 is 2.62 bits per heavy atom. The number of aromatic nitrogens is 2. The average molecular weight is 319 g/mol. The highest BCUT2D eigenvalue weighted by molar-refractivity contribution is 6.34. The third-order valence-corrected chi connectivity index (χ3v) is 3.10. The standard InChI is InChI=1S/C12H10ClF3N4O/c1-20-10(17)6(5-18-20)11(21)19-9-7(12(14,15)16)3-2-4-8(9)13/h2-5H,17H2,1H3,(H,19,21). The van der Waals surface area contributed by atoms with Crippen molar-refractivity contribution in [2.45, 2.75) is 6.18 Å². The number of hydrogen-bond donors (Lipinski definition) is 2. The van der Waals surface area contributed by atoms with Gasteiger partial charge in [-0.25, -0.2) is 0 Å². The highest BCUT2D eigenvalue weighted by Gasteiger charge is 2.35. The predicted molar refractivity (Wildman–Crippen MR) is 72.0 cm³/mol. The number of anilines is 2. The van der Waals surface area contributed by atoms with Gasteiger partial charge in [0.2, 0.25) is 0 Å². The van der Waals surface area contributed by atoms with Crippen molar-refractivity contribution in [1.82, 2.24) is 9.78 Å². The van der Waals surface area contributed by atoms with E-state index in [1.165, 1.54) is 17.8 Å². The van der Waals surface area contributed by atoms with Gasteiger partial charge in [0.25, 0.3) is 5.91 Å². The van der Waals surface area contributed by atoms with E-state index < -0.39 is 23.3 Å². The van der Waals surface area contributed by atoms with Gasteiger partial charge in [0.1, 0.15) is 11.4 Å². The van der Waals surface area contributed by atoms with Crippen molar-refractivity contribution >= 4 is 29.0 Å². The quantitative estimate of drug-likeness (QED) is 0.894. The summed E-state index contributed by atoms with van der Waals surface area (Å²) in [5, 5.41) is 5.66. The van der Waals surface area contributed by atoms with Crippen LogP contribution >= 0.6 is 11.6 Å². The molecule has 5 nitrogen and oxygen atoms in total. The summed E-state index contributed by atoms with van der Waals surface area (Å²) in [5.41, 5.74) is 4.02. The third kappa shape index (κ3) is 2.94. The number of carbonyl (C=O) groups is 1. The maximum atomic E-state index is 12.9. The lowest BCUT2D eigenvalue weighted by atomic mass is 10.1. The van der Waals surface area contributed by atoms with Gasteiger partial charge in [0, 0.05) is 7.05 Å². The topological polar surface area (TPSA) is 72.9 Å². The normalized spacial score (nSPS) is 11.5. The molecule has 21 heavy (non-hydrogen) atoms. The lowest BCUT2D eigenvalue weighted by Gasteiger charge is -2.14. The van der Waals surface area contributed by atoms with Gasteiger partial charge in [-0.3, -0.25) is 9.48 Å². The molecule has 112 valence electrons. The number of nitrogens with zero attached hydrogens (tertiary/aromatic N) is 2. The van der Waals surface area contributed by atoms with E-state index in [-0.39, 0.29) is 16.4 Å². The number of nitrogens with one attached hydrogen (secondary N) is 1. The largest absolute Gasteiger partial charge is 0.418 e. The van der Waals surface area contributed by atoms with Gasteiger partial charge >= 0.3 is 6.18 Å². The molecule has 1 aromatic carbocycles. The predicted octanol–water partition coefficient (Wildman–Crippen LogP) is 2.93. The Hall–Kier alpha value is -2.22. The molecule has 0 aliphatic rings. The SMILES string of the molecule is Cn1ncc(C(=O)Nc2c(Cl)cccc2C(F)(F)F)c1N. The molecule has 0 atom stereocenters. The number of para-hydroxylation sites is 1. The molecule has 0 aliphatic carbocycles. The molecule has 0 fully saturated rings. The van der Waals surface area contributed by atoms with Gasteiger partial charge in [-0.15, -0.1) is 0 Å². The van der Waals surface area contributed by atoms with E-state index in [0.717, 1.165) is 18.3 Å². The number of benzene rings is 1. The molecule has 3 N–H and O–H groups in total. The van der Waals surface area contributed by atoms with Gasteiger partial charge in [-0.1, -0.05) is 17.7 Å². The van der Waals surface area contributed by atoms with Gasteiger partial charge < -0.3 is 11.1 Å². The first kappa shape index (κ1) is 15.2. The summed E-state index contributed by atoms with van der Waals surface area (Å²) < 4.78 is 40.0. The van der Waals surface area contributed by atoms with E-state index in [1.807, 2.05) is 0 Å².